The van der Waals surface area contributed by atoms with E-state index in [-0.39, 0.29) is 18.6 Å². The van der Waals surface area contributed by atoms with Gasteiger partial charge in [-0.3, -0.25) is 14.4 Å². The Balaban J connectivity index is 2.21. The lowest BCUT2D eigenvalue weighted by molar-refractivity contribution is -0.143. The number of hydrogen-bond donors (Lipinski definition) is 9. The average Bonchev–Trinajstić information content (AvgIpc) is 3.49. The highest BCUT2D eigenvalue weighted by molar-refractivity contribution is 7.80. The van der Waals surface area contributed by atoms with Gasteiger partial charge in [0.05, 0.1) is 25.3 Å². The number of carboxylic acids is 1. The van der Waals surface area contributed by atoms with Crippen molar-refractivity contribution in [2.75, 3.05) is 12.4 Å². The second-order valence-electron chi connectivity index (χ2n) is 7.06. The third kappa shape index (κ3) is 7.89. The van der Waals surface area contributed by atoms with Crippen molar-refractivity contribution in [3.63, 3.8) is 0 Å². The van der Waals surface area contributed by atoms with E-state index in [0.717, 1.165) is 0 Å². The molecule has 15 heteroatoms. The molecule has 0 saturated heterocycles. The van der Waals surface area contributed by atoms with E-state index in [4.69, 9.17) is 10.8 Å². The van der Waals surface area contributed by atoms with Gasteiger partial charge in [0.15, 0.2) is 0 Å². The Kier molecular flexibility index (Phi) is 9.84. The second-order valence-corrected chi connectivity index (χ2v) is 7.42. The van der Waals surface area contributed by atoms with E-state index in [2.05, 4.69) is 48.5 Å². The maximum Gasteiger partial charge on any atom is 0.328 e. The molecule has 2 aromatic rings. The van der Waals surface area contributed by atoms with E-state index in [1.54, 1.807) is 0 Å². The highest BCUT2D eigenvalue weighted by Crippen LogP contribution is 2.04. The number of nitrogens with one attached hydrogen (secondary N) is 5. The van der Waals surface area contributed by atoms with Crippen molar-refractivity contribution in [1.29, 1.82) is 0 Å². The van der Waals surface area contributed by atoms with Gasteiger partial charge < -0.3 is 41.9 Å². The number of thiol groups is 1. The number of amides is 3. The molecule has 3 amide bonds. The molecule has 33 heavy (non-hydrogen) atoms. The van der Waals surface area contributed by atoms with Crippen LogP contribution in [0.5, 0.6) is 0 Å². The molecule has 0 fully saturated rings. The highest BCUT2D eigenvalue weighted by atomic mass is 32.1. The molecule has 2 heterocycles. The number of H-pyrrole nitrogens is 2. The molecule has 0 saturated carbocycles. The summed E-state index contributed by atoms with van der Waals surface area (Å²) in [4.78, 5) is 62.6. The molecule has 0 aromatic carbocycles. The quantitative estimate of drug-likeness (QED) is 0.130. The second kappa shape index (κ2) is 12.6. The van der Waals surface area contributed by atoms with Crippen LogP contribution in [-0.2, 0) is 32.0 Å². The molecule has 0 aliphatic rings. The number of nitrogens with zero attached hydrogens (tertiary/aromatic N) is 2. The van der Waals surface area contributed by atoms with Gasteiger partial charge in [0.25, 0.3) is 0 Å². The minimum Gasteiger partial charge on any atom is -0.480 e. The Labute approximate surface area is 193 Å². The highest BCUT2D eigenvalue weighted by Gasteiger charge is 2.30. The van der Waals surface area contributed by atoms with Crippen molar-refractivity contribution in [2.24, 2.45) is 5.73 Å². The first kappa shape index (κ1) is 25.8. The average molecular weight is 483 g/mol. The molecular weight excluding hydrogens is 456 g/mol. The van der Waals surface area contributed by atoms with Gasteiger partial charge in [-0.25, -0.2) is 14.8 Å². The molecule has 4 unspecified atom stereocenters. The Morgan fingerprint density at radius 3 is 1.73 bits per heavy atom. The molecular formula is C18H26N8O6S. The summed E-state index contributed by atoms with van der Waals surface area (Å²) in [7, 11) is 0. The number of aliphatic carboxylic acids is 1. The smallest absolute Gasteiger partial charge is 0.328 e. The van der Waals surface area contributed by atoms with Crippen LogP contribution in [0.4, 0.5) is 0 Å². The Hall–Kier alpha value is -3.43. The molecule has 0 radical (unpaired) electrons. The van der Waals surface area contributed by atoms with Crippen LogP contribution >= 0.6 is 12.6 Å². The molecule has 2 rings (SSSR count). The van der Waals surface area contributed by atoms with Crippen molar-refractivity contribution in [3.05, 3.63) is 36.4 Å². The van der Waals surface area contributed by atoms with Gasteiger partial charge in [-0.2, -0.15) is 12.6 Å². The molecule has 0 aliphatic carbocycles. The summed E-state index contributed by atoms with van der Waals surface area (Å²) in [5.74, 6) is -3.58. The van der Waals surface area contributed by atoms with Gasteiger partial charge >= 0.3 is 5.97 Å². The van der Waals surface area contributed by atoms with E-state index in [1.165, 1.54) is 25.0 Å². The van der Waals surface area contributed by atoms with Crippen LogP contribution in [0.15, 0.2) is 25.0 Å². The number of rotatable bonds is 13. The third-order valence-electron chi connectivity index (χ3n) is 4.55. The van der Waals surface area contributed by atoms with Gasteiger partial charge in [0.2, 0.25) is 17.7 Å². The normalized spacial score (nSPS) is 14.5. The fourth-order valence-corrected chi connectivity index (χ4v) is 2.91. The van der Waals surface area contributed by atoms with Crippen molar-refractivity contribution < 1.29 is 29.4 Å². The van der Waals surface area contributed by atoms with Gasteiger partial charge in [-0.1, -0.05) is 0 Å². The molecule has 0 bridgehead atoms. The molecule has 14 nitrogen and oxygen atoms in total. The first-order chi connectivity index (χ1) is 15.7. The fraction of sp³-hybridized carbons (Fsp3) is 0.444. The number of nitrogens with two attached hydrogens (primary N) is 1. The van der Waals surface area contributed by atoms with Crippen LogP contribution in [0.25, 0.3) is 0 Å². The van der Waals surface area contributed by atoms with Crippen LogP contribution < -0.4 is 21.7 Å². The molecule has 0 spiro atoms. The van der Waals surface area contributed by atoms with Crippen molar-refractivity contribution >= 4 is 36.3 Å². The van der Waals surface area contributed by atoms with Crippen LogP contribution in [-0.4, -0.2) is 90.4 Å². The first-order valence-electron chi connectivity index (χ1n) is 9.80. The lowest BCUT2D eigenvalue weighted by atomic mass is 10.1. The van der Waals surface area contributed by atoms with E-state index in [0.29, 0.717) is 11.4 Å². The minimum absolute atomic E-state index is 0.0175. The van der Waals surface area contributed by atoms with Crippen LogP contribution in [0.2, 0.25) is 0 Å². The minimum atomic E-state index is -1.56. The Bertz CT molecular complexity index is 923. The van der Waals surface area contributed by atoms with E-state index in [1.807, 2.05) is 0 Å². The largest absolute Gasteiger partial charge is 0.480 e. The summed E-state index contributed by atoms with van der Waals surface area (Å²) in [6, 6.07) is -4.90. The number of aliphatic hydroxyl groups is 1. The predicted molar refractivity (Wildman–Crippen MR) is 117 cm³/mol. The summed E-state index contributed by atoms with van der Waals surface area (Å²) in [6.07, 6.45) is 5.64. The van der Waals surface area contributed by atoms with Crippen LogP contribution in [0, 0.1) is 0 Å². The van der Waals surface area contributed by atoms with E-state index >= 15 is 0 Å². The summed E-state index contributed by atoms with van der Waals surface area (Å²) in [6.45, 7) is -0.841. The number of carbonyl (C=O) groups is 4. The van der Waals surface area contributed by atoms with Gasteiger partial charge in [0, 0.05) is 42.4 Å². The number of imidazole rings is 2. The number of carboxylic acid groups (broad SMARTS) is 1. The molecule has 9 N–H and O–H groups in total. The topological polar surface area (TPSA) is 228 Å². The van der Waals surface area contributed by atoms with Gasteiger partial charge in [0.1, 0.15) is 18.1 Å². The van der Waals surface area contributed by atoms with Crippen molar-refractivity contribution in [1.82, 2.24) is 35.9 Å². The Morgan fingerprint density at radius 2 is 1.36 bits per heavy atom. The maximum absolute atomic E-state index is 13.1. The number of aliphatic hydroxyl groups excluding tert-OH is 1. The molecule has 180 valence electrons. The lowest BCUT2D eigenvalue weighted by Gasteiger charge is -2.24. The number of aromatic nitrogens is 4. The zero-order valence-corrected chi connectivity index (χ0v) is 18.3. The van der Waals surface area contributed by atoms with Crippen molar-refractivity contribution in [2.45, 2.75) is 37.0 Å². The molecule has 4 atom stereocenters. The maximum atomic E-state index is 13.1. The zero-order chi connectivity index (χ0) is 24.4. The first-order valence-corrected chi connectivity index (χ1v) is 10.4. The summed E-state index contributed by atoms with van der Waals surface area (Å²) < 4.78 is 0. The summed E-state index contributed by atoms with van der Waals surface area (Å²) in [5.41, 5.74) is 6.70. The third-order valence-corrected chi connectivity index (χ3v) is 4.95. The van der Waals surface area contributed by atoms with E-state index in [9.17, 15) is 24.3 Å². The SMILES string of the molecule is NC(CS)C(=O)NC(Cc1cnc[nH]1)C(=O)NC(Cc1cnc[nH]1)C(=O)NC(CO)C(=O)O. The zero-order valence-electron chi connectivity index (χ0n) is 17.4. The van der Waals surface area contributed by atoms with E-state index < -0.39 is 54.5 Å². The molecule has 2 aromatic heterocycles. The predicted octanol–water partition coefficient (Wildman–Crippen LogP) is -3.29. The monoisotopic (exact) mass is 482 g/mol. The van der Waals surface area contributed by atoms with Crippen LogP contribution in [0.3, 0.4) is 0 Å². The van der Waals surface area contributed by atoms with Crippen LogP contribution in [0.1, 0.15) is 11.4 Å². The number of hydrogen-bond acceptors (Lipinski definition) is 9. The number of carbonyl (C=O) groups excluding carboxylic acids is 3. The number of aromatic amines is 2. The molecule has 0 aliphatic heterocycles. The summed E-state index contributed by atoms with van der Waals surface area (Å²) >= 11 is 3.97. The fourth-order valence-electron chi connectivity index (χ4n) is 2.74. The van der Waals surface area contributed by atoms with Gasteiger partial charge in [-0.05, 0) is 0 Å². The lowest BCUT2D eigenvalue weighted by Crippen LogP contribution is -2.58. The summed E-state index contributed by atoms with van der Waals surface area (Å²) in [5, 5.41) is 25.5. The standard InChI is InChI=1S/C18H26N8O6S/c19-11(6-33)15(28)24-12(1-9-3-20-7-22-9)16(29)25-13(2-10-4-21-8-23-10)17(30)26-14(5-27)18(31)32/h3-4,7-8,11-14,27,33H,1-2,5-6,19H2,(H,20,22)(H,21,23)(H,24,28)(H,25,29)(H,26,30)(H,31,32). The van der Waals surface area contributed by atoms with Gasteiger partial charge in [-0.15, -0.1) is 0 Å². The van der Waals surface area contributed by atoms with Crippen molar-refractivity contribution in [3.8, 4) is 0 Å². The Morgan fingerprint density at radius 1 is 0.909 bits per heavy atom.